The highest BCUT2D eigenvalue weighted by Crippen LogP contribution is 2.70. The van der Waals surface area contributed by atoms with Crippen molar-refractivity contribution in [2.45, 2.75) is 127 Å². The van der Waals surface area contributed by atoms with Crippen molar-refractivity contribution in [3.8, 4) is 0 Å². The molecule has 6 aliphatic rings. The molecule has 0 spiro atoms. The summed E-state index contributed by atoms with van der Waals surface area (Å²) in [4.78, 5) is 11.8. The molecule has 4 aliphatic carbocycles. The zero-order valence-electron chi connectivity index (χ0n) is 23.7. The van der Waals surface area contributed by atoms with Gasteiger partial charge in [-0.2, -0.15) is 0 Å². The van der Waals surface area contributed by atoms with Gasteiger partial charge in [0, 0.05) is 25.0 Å². The van der Waals surface area contributed by atoms with E-state index >= 15 is 0 Å². The molecule has 220 valence electrons. The summed E-state index contributed by atoms with van der Waals surface area (Å²) in [6.07, 6.45) is 3.58. The molecule has 2 aliphatic heterocycles. The molecule has 4 N–H and O–H groups in total. The van der Waals surface area contributed by atoms with Crippen molar-refractivity contribution in [3.05, 3.63) is 11.6 Å². The fourth-order valence-electron chi connectivity index (χ4n) is 10.1. The minimum Gasteiger partial charge on any atom is -0.458 e. The lowest BCUT2D eigenvalue weighted by Crippen LogP contribution is -2.67. The average molecular weight is 551 g/mol. The van der Waals surface area contributed by atoms with Crippen LogP contribution in [0.5, 0.6) is 0 Å². The van der Waals surface area contributed by atoms with E-state index < -0.39 is 41.9 Å². The van der Waals surface area contributed by atoms with Crippen LogP contribution in [0.4, 0.5) is 0 Å². The second-order valence-corrected chi connectivity index (χ2v) is 13.9. The monoisotopic (exact) mass is 550 g/mol. The Bertz CT molecular complexity index is 1020. The van der Waals surface area contributed by atoms with Crippen molar-refractivity contribution >= 4 is 5.97 Å². The number of hydrogen-bond acceptors (Lipinski definition) is 9. The molecule has 0 aromatic heterocycles. The second-order valence-electron chi connectivity index (χ2n) is 13.9. The Hall–Kier alpha value is -1.07. The first kappa shape index (κ1) is 28.1. The van der Waals surface area contributed by atoms with E-state index in [4.69, 9.17) is 18.9 Å². The van der Waals surface area contributed by atoms with Crippen molar-refractivity contribution in [2.75, 3.05) is 13.7 Å². The van der Waals surface area contributed by atoms with E-state index in [0.717, 1.165) is 37.7 Å². The number of hydrogen-bond donors (Lipinski definition) is 4. The zero-order valence-corrected chi connectivity index (χ0v) is 23.7. The van der Waals surface area contributed by atoms with E-state index in [9.17, 15) is 25.2 Å². The molecule has 0 bridgehead atoms. The molecule has 0 radical (unpaired) electrons. The van der Waals surface area contributed by atoms with Crippen LogP contribution in [0.15, 0.2) is 11.6 Å². The molecular formula is C30H46O9. The minimum absolute atomic E-state index is 0.0934. The van der Waals surface area contributed by atoms with Crippen molar-refractivity contribution in [1.82, 2.24) is 0 Å². The summed E-state index contributed by atoms with van der Waals surface area (Å²) < 4.78 is 22.6. The molecule has 0 unspecified atom stereocenters. The molecule has 4 saturated carbocycles. The minimum atomic E-state index is -1.13. The molecule has 0 amide bonds. The van der Waals surface area contributed by atoms with Gasteiger partial charge in [-0.15, -0.1) is 0 Å². The molecule has 0 aromatic carbocycles. The van der Waals surface area contributed by atoms with Crippen LogP contribution in [0.1, 0.15) is 78.6 Å². The molecule has 13 atom stereocenters. The maximum absolute atomic E-state index is 12.4. The maximum Gasteiger partial charge on any atom is 0.331 e. The van der Waals surface area contributed by atoms with Gasteiger partial charge in [0.15, 0.2) is 6.29 Å². The van der Waals surface area contributed by atoms with Crippen molar-refractivity contribution in [3.63, 3.8) is 0 Å². The maximum atomic E-state index is 12.4. The number of ether oxygens (including phenoxy) is 4. The van der Waals surface area contributed by atoms with Crippen LogP contribution >= 0.6 is 0 Å². The number of esters is 1. The molecule has 2 heterocycles. The van der Waals surface area contributed by atoms with E-state index in [0.29, 0.717) is 32.3 Å². The Labute approximate surface area is 230 Å². The fraction of sp³-hybridized carbons (Fsp3) is 0.900. The summed E-state index contributed by atoms with van der Waals surface area (Å²) in [6, 6.07) is 0. The van der Waals surface area contributed by atoms with Gasteiger partial charge in [-0.3, -0.25) is 0 Å². The van der Waals surface area contributed by atoms with Gasteiger partial charge in [-0.05, 0) is 87.0 Å². The highest BCUT2D eigenvalue weighted by Gasteiger charge is 2.70. The molecule has 5 fully saturated rings. The Kier molecular flexibility index (Phi) is 6.82. The predicted octanol–water partition coefficient (Wildman–Crippen LogP) is 2.23. The number of carbonyl (C=O) groups excluding carboxylic acids is 1. The van der Waals surface area contributed by atoms with Crippen LogP contribution in [0.2, 0.25) is 0 Å². The Morgan fingerprint density at radius 1 is 0.949 bits per heavy atom. The number of rotatable bonds is 4. The summed E-state index contributed by atoms with van der Waals surface area (Å²) in [7, 11) is 1.45. The first-order valence-electron chi connectivity index (χ1n) is 14.9. The third-order valence-corrected chi connectivity index (χ3v) is 12.5. The van der Waals surface area contributed by atoms with Gasteiger partial charge >= 0.3 is 5.97 Å². The molecule has 9 heteroatoms. The van der Waals surface area contributed by atoms with Gasteiger partial charge in [-0.25, -0.2) is 4.79 Å². The smallest absolute Gasteiger partial charge is 0.331 e. The summed E-state index contributed by atoms with van der Waals surface area (Å²) >= 11 is 0. The highest BCUT2D eigenvalue weighted by molar-refractivity contribution is 5.85. The lowest BCUT2D eigenvalue weighted by Gasteiger charge is -2.66. The zero-order chi connectivity index (χ0) is 28.0. The lowest BCUT2D eigenvalue weighted by molar-refractivity contribution is -0.321. The van der Waals surface area contributed by atoms with E-state index in [2.05, 4.69) is 13.8 Å². The van der Waals surface area contributed by atoms with Crippen molar-refractivity contribution in [2.24, 2.45) is 28.6 Å². The predicted molar refractivity (Wildman–Crippen MR) is 139 cm³/mol. The van der Waals surface area contributed by atoms with E-state index in [1.807, 2.05) is 0 Å². The number of methoxy groups -OCH3 is 1. The molecule has 0 aromatic rings. The topological polar surface area (TPSA) is 135 Å². The molecule has 6 rings (SSSR count). The van der Waals surface area contributed by atoms with Crippen LogP contribution in [-0.4, -0.2) is 88.1 Å². The summed E-state index contributed by atoms with van der Waals surface area (Å²) in [5, 5.41) is 45.7. The largest absolute Gasteiger partial charge is 0.458 e. The number of fused-ring (bicyclic) bond motifs is 5. The van der Waals surface area contributed by atoms with Gasteiger partial charge in [0.05, 0.1) is 23.4 Å². The van der Waals surface area contributed by atoms with Crippen LogP contribution in [0.3, 0.4) is 0 Å². The fourth-order valence-corrected chi connectivity index (χ4v) is 10.1. The SMILES string of the molecule is CO[C@H]1[C@@H](O)[C@@H](C)O[C@@H](O[C@H]2CC[C@]3(C)[C@H]4CC[C@]5(C)[C@H](C6=CC(=O)OC6)CC[C@]5(O)[C@@H]4CC[C@]3(O)C2)[C@@H]1O. The standard InChI is InChI=1S/C30H46O9/c1-16-23(32)25(36-4)24(33)26(38-16)39-18-5-9-27(2)20-6-10-28(3)19(17-13-22(31)37-15-17)8-12-30(28,35)21(20)7-11-29(27,34)14-18/h13,16,18-21,23-26,32-35H,5-12,14-15H2,1-4H3/t16-,18+,19+,20+,21-,23+,24-,25+,26+,27-,28-,29+,30+/m1/s1. The van der Waals surface area contributed by atoms with Crippen LogP contribution < -0.4 is 0 Å². The summed E-state index contributed by atoms with van der Waals surface area (Å²) in [5.74, 6) is 0.151. The first-order chi connectivity index (χ1) is 18.4. The van der Waals surface area contributed by atoms with Gasteiger partial charge in [0.25, 0.3) is 0 Å². The van der Waals surface area contributed by atoms with Gasteiger partial charge in [0.1, 0.15) is 24.9 Å². The van der Waals surface area contributed by atoms with Gasteiger partial charge < -0.3 is 39.4 Å². The van der Waals surface area contributed by atoms with E-state index in [1.165, 1.54) is 7.11 Å². The van der Waals surface area contributed by atoms with E-state index in [-0.39, 0.29) is 40.7 Å². The van der Waals surface area contributed by atoms with Crippen molar-refractivity contribution < 1.29 is 44.2 Å². The Balaban J connectivity index is 1.19. The Morgan fingerprint density at radius 2 is 1.67 bits per heavy atom. The Morgan fingerprint density at radius 3 is 2.36 bits per heavy atom. The third kappa shape index (κ3) is 3.94. The quantitative estimate of drug-likeness (QED) is 0.307. The lowest BCUT2D eigenvalue weighted by atomic mass is 9.42. The van der Waals surface area contributed by atoms with E-state index in [1.54, 1.807) is 13.0 Å². The molecule has 9 nitrogen and oxygen atoms in total. The second kappa shape index (κ2) is 9.48. The summed E-state index contributed by atoms with van der Waals surface area (Å²) in [6.45, 7) is 6.48. The number of cyclic esters (lactones) is 1. The normalized spacial score (nSPS) is 55.3. The summed E-state index contributed by atoms with van der Waals surface area (Å²) in [5.41, 5.74) is -1.43. The number of aliphatic hydroxyl groups excluding tert-OH is 2. The average Bonchev–Trinajstić information content (AvgIpc) is 3.43. The third-order valence-electron chi connectivity index (χ3n) is 12.5. The van der Waals surface area contributed by atoms with Crippen LogP contribution in [-0.2, 0) is 23.7 Å². The number of aliphatic hydroxyl groups is 4. The molecule has 39 heavy (non-hydrogen) atoms. The van der Waals surface area contributed by atoms with Crippen LogP contribution in [0.25, 0.3) is 0 Å². The van der Waals surface area contributed by atoms with Crippen LogP contribution in [0, 0.1) is 28.6 Å². The highest BCUT2D eigenvalue weighted by atomic mass is 16.7. The van der Waals surface area contributed by atoms with Gasteiger partial charge in [0.2, 0.25) is 0 Å². The molecular weight excluding hydrogens is 504 g/mol. The number of carbonyl (C=O) groups is 1. The molecule has 1 saturated heterocycles. The van der Waals surface area contributed by atoms with Gasteiger partial charge in [-0.1, -0.05) is 13.8 Å². The van der Waals surface area contributed by atoms with Crippen molar-refractivity contribution in [1.29, 1.82) is 0 Å². The first-order valence-corrected chi connectivity index (χ1v) is 14.9.